The van der Waals surface area contributed by atoms with Crippen molar-refractivity contribution in [3.8, 4) is 0 Å². The second-order valence-electron chi connectivity index (χ2n) is 2.87. The lowest BCUT2D eigenvalue weighted by Gasteiger charge is -2.14. The molecule has 0 saturated carbocycles. The highest BCUT2D eigenvalue weighted by Crippen LogP contribution is 2.29. The summed E-state index contributed by atoms with van der Waals surface area (Å²) in [5, 5.41) is 0.388. The highest BCUT2D eigenvalue weighted by molar-refractivity contribution is 8.00. The molecule has 1 saturated heterocycles. The van der Waals surface area contributed by atoms with E-state index in [9.17, 15) is 8.78 Å². The van der Waals surface area contributed by atoms with Crippen molar-refractivity contribution in [1.82, 2.24) is 0 Å². The zero-order valence-corrected chi connectivity index (χ0v) is 7.12. The number of nitrogens with two attached hydrogens (primary N) is 1. The van der Waals surface area contributed by atoms with Gasteiger partial charge in [0.25, 0.3) is 6.43 Å². The van der Waals surface area contributed by atoms with Crippen LogP contribution < -0.4 is 5.73 Å². The maximum Gasteiger partial charge on any atom is 0.253 e. The Hall–Kier alpha value is 0.170. The molecular weight excluding hydrogens is 168 g/mol. The molecule has 0 bridgehead atoms. The van der Waals surface area contributed by atoms with Crippen molar-refractivity contribution in [2.24, 2.45) is 5.73 Å². The van der Waals surface area contributed by atoms with Gasteiger partial charge in [-0.2, -0.15) is 11.8 Å². The Morgan fingerprint density at radius 3 is 2.73 bits per heavy atom. The minimum Gasteiger partial charge on any atom is -0.323 e. The molecule has 2 unspecified atom stereocenters. The number of thioether (sulfide) groups is 1. The molecule has 1 fully saturated rings. The molecule has 0 amide bonds. The lowest BCUT2D eigenvalue weighted by atomic mass is 10.1. The van der Waals surface area contributed by atoms with Gasteiger partial charge in [0.15, 0.2) is 0 Å². The molecule has 0 spiro atoms. The SMILES string of the molecule is NC(CC1CCCS1)C(F)F. The first-order valence-corrected chi connectivity index (χ1v) is 4.90. The van der Waals surface area contributed by atoms with E-state index in [1.807, 2.05) is 0 Å². The average molecular weight is 181 g/mol. The highest BCUT2D eigenvalue weighted by atomic mass is 32.2. The quantitative estimate of drug-likeness (QED) is 0.719. The fourth-order valence-corrected chi connectivity index (χ4v) is 2.59. The zero-order chi connectivity index (χ0) is 8.27. The van der Waals surface area contributed by atoms with Gasteiger partial charge < -0.3 is 5.73 Å². The fourth-order valence-electron chi connectivity index (χ4n) is 1.24. The molecule has 1 aliphatic heterocycles. The van der Waals surface area contributed by atoms with E-state index in [0.29, 0.717) is 11.7 Å². The number of halogens is 2. The lowest BCUT2D eigenvalue weighted by molar-refractivity contribution is 0.112. The number of hydrogen-bond donors (Lipinski definition) is 1. The van der Waals surface area contributed by atoms with Crippen LogP contribution in [0.15, 0.2) is 0 Å². The molecule has 1 heterocycles. The predicted molar refractivity (Wildman–Crippen MR) is 44.1 cm³/mol. The standard InChI is InChI=1S/C7H13F2NS/c8-7(9)6(10)4-5-2-1-3-11-5/h5-7H,1-4,10H2. The van der Waals surface area contributed by atoms with E-state index in [1.54, 1.807) is 11.8 Å². The van der Waals surface area contributed by atoms with Gasteiger partial charge in [-0.05, 0) is 25.0 Å². The number of rotatable bonds is 3. The van der Waals surface area contributed by atoms with Crippen molar-refractivity contribution in [1.29, 1.82) is 0 Å². The van der Waals surface area contributed by atoms with Gasteiger partial charge in [0.1, 0.15) is 0 Å². The molecule has 2 N–H and O–H groups in total. The summed E-state index contributed by atoms with van der Waals surface area (Å²) in [5.74, 6) is 1.11. The van der Waals surface area contributed by atoms with Gasteiger partial charge in [0.05, 0.1) is 6.04 Å². The van der Waals surface area contributed by atoms with Crippen molar-refractivity contribution in [2.75, 3.05) is 5.75 Å². The van der Waals surface area contributed by atoms with Gasteiger partial charge >= 0.3 is 0 Å². The second-order valence-corrected chi connectivity index (χ2v) is 4.28. The third-order valence-corrected chi connectivity index (χ3v) is 3.31. The Balaban J connectivity index is 2.18. The molecule has 2 atom stereocenters. The molecule has 0 aliphatic carbocycles. The van der Waals surface area contributed by atoms with Crippen LogP contribution in [-0.4, -0.2) is 23.5 Å². The fraction of sp³-hybridized carbons (Fsp3) is 1.00. The minimum absolute atomic E-state index is 0.388. The molecular formula is C7H13F2NS. The Kier molecular flexibility index (Phi) is 3.59. The Morgan fingerprint density at radius 1 is 1.55 bits per heavy atom. The van der Waals surface area contributed by atoms with Crippen LogP contribution in [0, 0.1) is 0 Å². The summed E-state index contributed by atoms with van der Waals surface area (Å²) in [4.78, 5) is 0. The van der Waals surface area contributed by atoms with Gasteiger partial charge in [-0.15, -0.1) is 0 Å². The normalized spacial score (nSPS) is 27.8. The van der Waals surface area contributed by atoms with E-state index in [-0.39, 0.29) is 0 Å². The first-order chi connectivity index (χ1) is 5.20. The zero-order valence-electron chi connectivity index (χ0n) is 6.30. The van der Waals surface area contributed by atoms with Crippen LogP contribution in [-0.2, 0) is 0 Å². The van der Waals surface area contributed by atoms with Crippen molar-refractivity contribution in [2.45, 2.75) is 37.0 Å². The summed E-state index contributed by atoms with van der Waals surface area (Å²) < 4.78 is 23.9. The molecule has 1 rings (SSSR count). The molecule has 0 radical (unpaired) electrons. The van der Waals surface area contributed by atoms with Crippen molar-refractivity contribution in [3.05, 3.63) is 0 Å². The van der Waals surface area contributed by atoms with Gasteiger partial charge in [0, 0.05) is 5.25 Å². The van der Waals surface area contributed by atoms with Crippen molar-refractivity contribution >= 4 is 11.8 Å². The monoisotopic (exact) mass is 181 g/mol. The lowest BCUT2D eigenvalue weighted by Crippen LogP contribution is -2.31. The summed E-state index contributed by atoms with van der Waals surface area (Å²) in [5.41, 5.74) is 5.23. The molecule has 1 aliphatic rings. The Morgan fingerprint density at radius 2 is 2.27 bits per heavy atom. The maximum atomic E-state index is 11.9. The summed E-state index contributed by atoms with van der Waals surface area (Å²) >= 11 is 1.77. The van der Waals surface area contributed by atoms with Crippen molar-refractivity contribution in [3.63, 3.8) is 0 Å². The minimum atomic E-state index is -2.35. The first kappa shape index (κ1) is 9.26. The third kappa shape index (κ3) is 2.95. The van der Waals surface area contributed by atoms with Crippen LogP contribution in [0.25, 0.3) is 0 Å². The summed E-state index contributed by atoms with van der Waals surface area (Å²) in [6, 6.07) is -0.911. The molecule has 0 aromatic carbocycles. The van der Waals surface area contributed by atoms with Gasteiger partial charge in [-0.3, -0.25) is 0 Å². The van der Waals surface area contributed by atoms with E-state index in [2.05, 4.69) is 0 Å². The third-order valence-electron chi connectivity index (χ3n) is 1.88. The van der Waals surface area contributed by atoms with Gasteiger partial charge in [-0.1, -0.05) is 0 Å². The van der Waals surface area contributed by atoms with E-state index in [0.717, 1.165) is 18.6 Å². The van der Waals surface area contributed by atoms with Crippen LogP contribution >= 0.6 is 11.8 Å². The summed E-state index contributed by atoms with van der Waals surface area (Å²) in [6.07, 6.45) is 0.342. The van der Waals surface area contributed by atoms with E-state index in [1.165, 1.54) is 0 Å². The largest absolute Gasteiger partial charge is 0.323 e. The van der Waals surface area contributed by atoms with Crippen LogP contribution in [0.2, 0.25) is 0 Å². The van der Waals surface area contributed by atoms with E-state index < -0.39 is 12.5 Å². The maximum absolute atomic E-state index is 11.9. The Labute approximate surface area is 69.7 Å². The molecule has 0 aromatic heterocycles. The first-order valence-electron chi connectivity index (χ1n) is 3.85. The average Bonchev–Trinajstić information content (AvgIpc) is 2.39. The molecule has 1 nitrogen and oxygen atoms in total. The van der Waals surface area contributed by atoms with E-state index >= 15 is 0 Å². The van der Waals surface area contributed by atoms with Crippen LogP contribution in [0.1, 0.15) is 19.3 Å². The van der Waals surface area contributed by atoms with Crippen LogP contribution in [0.5, 0.6) is 0 Å². The van der Waals surface area contributed by atoms with Crippen LogP contribution in [0.3, 0.4) is 0 Å². The Bertz CT molecular complexity index is 115. The topological polar surface area (TPSA) is 26.0 Å². The van der Waals surface area contributed by atoms with E-state index in [4.69, 9.17) is 5.73 Å². The highest BCUT2D eigenvalue weighted by Gasteiger charge is 2.23. The smallest absolute Gasteiger partial charge is 0.253 e. The molecule has 11 heavy (non-hydrogen) atoms. The summed E-state index contributed by atoms with van der Waals surface area (Å²) in [7, 11) is 0. The second kappa shape index (κ2) is 4.26. The molecule has 66 valence electrons. The molecule has 4 heteroatoms. The molecule has 0 aromatic rings. The number of hydrogen-bond acceptors (Lipinski definition) is 2. The van der Waals surface area contributed by atoms with Crippen molar-refractivity contribution < 1.29 is 8.78 Å². The van der Waals surface area contributed by atoms with Crippen LogP contribution in [0.4, 0.5) is 8.78 Å². The number of alkyl halides is 2. The van der Waals surface area contributed by atoms with Gasteiger partial charge in [0.2, 0.25) is 0 Å². The van der Waals surface area contributed by atoms with Gasteiger partial charge in [-0.25, -0.2) is 8.78 Å². The predicted octanol–water partition coefficient (Wildman–Crippen LogP) is 1.86. The summed E-state index contributed by atoms with van der Waals surface area (Å²) in [6.45, 7) is 0.